The lowest BCUT2D eigenvalue weighted by Crippen LogP contribution is -2.46. The number of benzene rings is 2. The van der Waals surface area contributed by atoms with E-state index in [1.54, 1.807) is 6.92 Å². The number of hydrogen-bond donors (Lipinski definition) is 1. The zero-order valence-electron chi connectivity index (χ0n) is 18.8. The molecule has 0 aromatic heterocycles. The minimum atomic E-state index is -4.73. The second-order valence-electron chi connectivity index (χ2n) is 7.84. The molecule has 0 fully saturated rings. The highest BCUT2D eigenvalue weighted by Crippen LogP contribution is 2.45. The number of fused-ring (bicyclic) bond motifs is 1. The number of carbonyl (C=O) groups is 4. The molecule has 0 saturated carbocycles. The maximum Gasteiger partial charge on any atom is 0.418 e. The van der Waals surface area contributed by atoms with Crippen molar-refractivity contribution < 1.29 is 37.1 Å². The molecule has 0 unspecified atom stereocenters. The number of halogens is 7. The number of rotatable bonds is 8. The van der Waals surface area contributed by atoms with Gasteiger partial charge in [0, 0.05) is 0 Å². The van der Waals surface area contributed by atoms with Gasteiger partial charge in [-0.1, -0.05) is 78.3 Å². The number of amides is 3. The van der Waals surface area contributed by atoms with Crippen molar-refractivity contribution >= 4 is 75.8 Å². The number of esters is 1. The highest BCUT2D eigenvalue weighted by atomic mass is 35.5. The minimum absolute atomic E-state index is 0.0317. The quantitative estimate of drug-likeness (QED) is 0.159. The number of carbonyl (C=O) groups excluding carboxylic acids is 4. The molecule has 37 heavy (non-hydrogen) atoms. The Bertz CT molecular complexity index is 1240. The van der Waals surface area contributed by atoms with E-state index in [9.17, 15) is 32.3 Å². The third-order valence-electron chi connectivity index (χ3n) is 5.40. The van der Waals surface area contributed by atoms with Crippen LogP contribution in [-0.2, 0) is 20.5 Å². The third kappa shape index (κ3) is 5.82. The zero-order valence-corrected chi connectivity index (χ0v) is 21.9. The molecular formula is C23H17Cl4F3N2O5. The van der Waals surface area contributed by atoms with Gasteiger partial charge in [-0.3, -0.25) is 19.3 Å². The third-order valence-corrected chi connectivity index (χ3v) is 7.20. The Morgan fingerprint density at radius 2 is 1.51 bits per heavy atom. The van der Waals surface area contributed by atoms with Gasteiger partial charge < -0.3 is 10.1 Å². The molecule has 1 heterocycles. The fourth-order valence-electron chi connectivity index (χ4n) is 3.66. The number of alkyl halides is 3. The maximum atomic E-state index is 13.2. The van der Waals surface area contributed by atoms with Crippen LogP contribution in [0.2, 0.25) is 20.1 Å². The SMILES string of the molecule is CCCC[C@@H](C(=O)OCC(=O)Nc1ccccc1C(F)(F)F)N1C(=O)c2c(Cl)c(Cl)c(Cl)c(Cl)c2C1=O. The van der Waals surface area contributed by atoms with Crippen LogP contribution in [-0.4, -0.2) is 41.2 Å². The number of para-hydroxylation sites is 1. The van der Waals surface area contributed by atoms with Crippen molar-refractivity contribution in [1.82, 2.24) is 4.90 Å². The molecular weight excluding hydrogens is 583 g/mol. The summed E-state index contributed by atoms with van der Waals surface area (Å²) in [4.78, 5) is 52.0. The Hall–Kier alpha value is -2.53. The zero-order chi connectivity index (χ0) is 27.7. The summed E-state index contributed by atoms with van der Waals surface area (Å²) in [5.41, 5.74) is -2.28. The van der Waals surface area contributed by atoms with Crippen molar-refractivity contribution in [3.63, 3.8) is 0 Å². The van der Waals surface area contributed by atoms with Gasteiger partial charge in [0.2, 0.25) is 0 Å². The highest BCUT2D eigenvalue weighted by molar-refractivity contribution is 6.55. The van der Waals surface area contributed by atoms with Gasteiger partial charge in [0.25, 0.3) is 17.7 Å². The van der Waals surface area contributed by atoms with E-state index in [1.165, 1.54) is 6.07 Å². The van der Waals surface area contributed by atoms with Gasteiger partial charge in [0.05, 0.1) is 42.5 Å². The van der Waals surface area contributed by atoms with E-state index < -0.39 is 53.8 Å². The Balaban J connectivity index is 1.81. The van der Waals surface area contributed by atoms with Crippen LogP contribution in [0.3, 0.4) is 0 Å². The van der Waals surface area contributed by atoms with Gasteiger partial charge in [0.1, 0.15) is 6.04 Å². The molecule has 2 aromatic carbocycles. The molecule has 1 N–H and O–H groups in total. The Morgan fingerprint density at radius 1 is 0.973 bits per heavy atom. The highest BCUT2D eigenvalue weighted by Gasteiger charge is 2.47. The van der Waals surface area contributed by atoms with E-state index in [-0.39, 0.29) is 37.6 Å². The van der Waals surface area contributed by atoms with E-state index in [2.05, 4.69) is 0 Å². The molecule has 1 atom stereocenters. The molecule has 0 aliphatic carbocycles. The van der Waals surface area contributed by atoms with Crippen molar-refractivity contribution in [3.8, 4) is 0 Å². The van der Waals surface area contributed by atoms with Gasteiger partial charge in [-0.25, -0.2) is 4.79 Å². The van der Waals surface area contributed by atoms with Crippen LogP contribution < -0.4 is 5.32 Å². The van der Waals surface area contributed by atoms with E-state index in [4.69, 9.17) is 51.1 Å². The van der Waals surface area contributed by atoms with Gasteiger partial charge in [0.15, 0.2) is 6.61 Å². The van der Waals surface area contributed by atoms with Crippen LogP contribution in [0.1, 0.15) is 52.5 Å². The minimum Gasteiger partial charge on any atom is -0.454 e. The number of imide groups is 1. The van der Waals surface area contributed by atoms with E-state index >= 15 is 0 Å². The average molecular weight is 600 g/mol. The molecule has 3 amide bonds. The topological polar surface area (TPSA) is 92.8 Å². The van der Waals surface area contributed by atoms with Crippen molar-refractivity contribution in [2.45, 2.75) is 38.4 Å². The molecule has 0 saturated heterocycles. The normalized spacial score (nSPS) is 14.0. The monoisotopic (exact) mass is 598 g/mol. The maximum absolute atomic E-state index is 13.2. The van der Waals surface area contributed by atoms with Gasteiger partial charge in [-0.05, 0) is 18.6 Å². The first-order valence-electron chi connectivity index (χ1n) is 10.7. The van der Waals surface area contributed by atoms with Crippen molar-refractivity contribution in [2.24, 2.45) is 0 Å². The lowest BCUT2D eigenvalue weighted by Gasteiger charge is -2.24. The lowest BCUT2D eigenvalue weighted by molar-refractivity contribution is -0.151. The molecule has 0 radical (unpaired) electrons. The van der Waals surface area contributed by atoms with E-state index in [0.29, 0.717) is 17.7 Å². The number of unbranched alkanes of at least 4 members (excludes halogenated alkanes) is 1. The largest absolute Gasteiger partial charge is 0.454 e. The number of anilines is 1. The van der Waals surface area contributed by atoms with E-state index in [0.717, 1.165) is 18.2 Å². The van der Waals surface area contributed by atoms with Crippen LogP contribution in [0.15, 0.2) is 24.3 Å². The Kier molecular flexibility index (Phi) is 9.00. The van der Waals surface area contributed by atoms with Crippen molar-refractivity contribution in [1.29, 1.82) is 0 Å². The summed E-state index contributed by atoms with van der Waals surface area (Å²) in [7, 11) is 0. The summed E-state index contributed by atoms with van der Waals surface area (Å²) in [5.74, 6) is -4.13. The van der Waals surface area contributed by atoms with Crippen LogP contribution in [0.4, 0.5) is 18.9 Å². The second-order valence-corrected chi connectivity index (χ2v) is 9.36. The summed E-state index contributed by atoms with van der Waals surface area (Å²) in [6, 6.07) is 2.77. The first kappa shape index (κ1) is 29.0. The number of nitrogens with one attached hydrogen (secondary N) is 1. The van der Waals surface area contributed by atoms with E-state index in [1.807, 2.05) is 5.32 Å². The Labute approximate surface area is 228 Å². The summed E-state index contributed by atoms with van der Waals surface area (Å²) in [5, 5.41) is 0.889. The molecule has 198 valence electrons. The molecule has 0 spiro atoms. The number of ether oxygens (including phenoxy) is 1. The van der Waals surface area contributed by atoms with Crippen LogP contribution >= 0.6 is 46.4 Å². The molecule has 14 heteroatoms. The summed E-state index contributed by atoms with van der Waals surface area (Å²) in [6.07, 6.45) is -3.82. The summed E-state index contributed by atoms with van der Waals surface area (Å²) >= 11 is 24.3. The fourth-order valence-corrected chi connectivity index (χ4v) is 4.67. The Morgan fingerprint density at radius 3 is 2.03 bits per heavy atom. The first-order valence-corrected chi connectivity index (χ1v) is 12.2. The van der Waals surface area contributed by atoms with Gasteiger partial charge in [-0.2, -0.15) is 13.2 Å². The second kappa shape index (κ2) is 11.5. The molecule has 3 rings (SSSR count). The average Bonchev–Trinajstić information content (AvgIpc) is 3.10. The summed E-state index contributed by atoms with van der Waals surface area (Å²) in [6.45, 7) is 0.819. The molecule has 0 bridgehead atoms. The molecule has 7 nitrogen and oxygen atoms in total. The number of nitrogens with zero attached hydrogens (tertiary/aromatic N) is 1. The fraction of sp³-hybridized carbons (Fsp3) is 0.304. The smallest absolute Gasteiger partial charge is 0.418 e. The van der Waals surface area contributed by atoms with Gasteiger partial charge in [-0.15, -0.1) is 0 Å². The van der Waals surface area contributed by atoms with Gasteiger partial charge >= 0.3 is 12.1 Å². The van der Waals surface area contributed by atoms with Crippen molar-refractivity contribution in [3.05, 3.63) is 61.0 Å². The van der Waals surface area contributed by atoms with Crippen LogP contribution in [0.25, 0.3) is 0 Å². The summed E-state index contributed by atoms with van der Waals surface area (Å²) < 4.78 is 44.5. The van der Waals surface area contributed by atoms with Crippen LogP contribution in [0, 0.1) is 0 Å². The number of hydrogen-bond acceptors (Lipinski definition) is 5. The lowest BCUT2D eigenvalue weighted by atomic mass is 10.1. The standard InChI is InChI=1S/C23H17Cl4F3N2O5/c1-2-3-8-12(32-20(34)14-15(21(32)35)17(25)19(27)18(26)16(14)24)22(36)37-9-13(33)31-11-7-5-4-6-10(11)23(28,29)30/h4-7,12H,2-3,8-9H2,1H3,(H,31,33)/t12-/m0/s1. The molecule has 1 aliphatic heterocycles. The molecule has 1 aliphatic rings. The van der Waals surface area contributed by atoms with Crippen molar-refractivity contribution in [2.75, 3.05) is 11.9 Å². The first-order chi connectivity index (χ1) is 17.3. The predicted octanol–water partition coefficient (Wildman–Crippen LogP) is 6.66. The molecule has 2 aromatic rings. The predicted molar refractivity (Wildman–Crippen MR) is 131 cm³/mol. The van der Waals surface area contributed by atoms with Crippen LogP contribution in [0.5, 0.6) is 0 Å².